The topological polar surface area (TPSA) is 90.8 Å². The highest BCUT2D eigenvalue weighted by atomic mass is 16.1. The maximum atomic E-state index is 12.6. The molecular weight excluding hydrogens is 374 g/mol. The quantitative estimate of drug-likeness (QED) is 0.616. The largest absolute Gasteiger partial charge is 0.382 e. The smallest absolute Gasteiger partial charge is 0.255 e. The lowest BCUT2D eigenvalue weighted by molar-refractivity contribution is 0.0967. The van der Waals surface area contributed by atoms with Gasteiger partial charge in [0, 0.05) is 47.0 Å². The van der Waals surface area contributed by atoms with Gasteiger partial charge >= 0.3 is 0 Å². The van der Waals surface area contributed by atoms with E-state index in [1.165, 1.54) is 18.5 Å². The van der Waals surface area contributed by atoms with Crippen LogP contribution < -0.4 is 10.6 Å². The van der Waals surface area contributed by atoms with Crippen molar-refractivity contribution in [2.45, 2.75) is 38.1 Å². The molecular formula is C24H25N5O. The van der Waals surface area contributed by atoms with Gasteiger partial charge in [-0.05, 0) is 68.4 Å². The van der Waals surface area contributed by atoms with Gasteiger partial charge in [-0.15, -0.1) is 0 Å². The number of benzene rings is 1. The van der Waals surface area contributed by atoms with Crippen LogP contribution in [0.15, 0.2) is 66.3 Å². The Hall–Kier alpha value is -3.28. The SMILES string of the molecule is N=C(/C=C(\NC1C=CC(NC(=O)c2ccc3nccnc3c2)=CC1)C1CC1)C1CC1. The Morgan fingerprint density at radius 2 is 1.83 bits per heavy atom. The normalized spacial score (nSPS) is 21.3. The van der Waals surface area contributed by atoms with Crippen molar-refractivity contribution in [3.63, 3.8) is 0 Å². The second-order valence-electron chi connectivity index (χ2n) is 8.32. The van der Waals surface area contributed by atoms with E-state index in [4.69, 9.17) is 5.41 Å². The number of carbonyl (C=O) groups is 1. The van der Waals surface area contributed by atoms with E-state index in [0.717, 1.165) is 36.2 Å². The molecule has 5 rings (SSSR count). The Labute approximate surface area is 175 Å². The first-order chi connectivity index (χ1) is 14.7. The maximum absolute atomic E-state index is 12.6. The summed E-state index contributed by atoms with van der Waals surface area (Å²) < 4.78 is 0. The van der Waals surface area contributed by atoms with Gasteiger partial charge in [-0.2, -0.15) is 0 Å². The van der Waals surface area contributed by atoms with Crippen molar-refractivity contribution < 1.29 is 4.79 Å². The number of nitrogens with one attached hydrogen (secondary N) is 3. The number of hydrogen-bond acceptors (Lipinski definition) is 5. The fourth-order valence-corrected chi connectivity index (χ4v) is 3.69. The zero-order chi connectivity index (χ0) is 20.5. The molecule has 1 unspecified atom stereocenters. The summed E-state index contributed by atoms with van der Waals surface area (Å²) >= 11 is 0. The number of fused-ring (bicyclic) bond motifs is 1. The first-order valence-electron chi connectivity index (χ1n) is 10.6. The lowest BCUT2D eigenvalue weighted by atomic mass is 10.0. The Morgan fingerprint density at radius 3 is 2.53 bits per heavy atom. The van der Waals surface area contributed by atoms with E-state index in [0.29, 0.717) is 22.9 Å². The van der Waals surface area contributed by atoms with Crippen molar-refractivity contribution in [2.75, 3.05) is 0 Å². The maximum Gasteiger partial charge on any atom is 0.255 e. The highest BCUT2D eigenvalue weighted by Gasteiger charge is 2.30. The lowest BCUT2D eigenvalue weighted by Gasteiger charge is -2.21. The fourth-order valence-electron chi connectivity index (χ4n) is 3.69. The molecule has 2 aromatic rings. The summed E-state index contributed by atoms with van der Waals surface area (Å²) in [5.41, 5.74) is 4.83. The van der Waals surface area contributed by atoms with E-state index in [9.17, 15) is 4.79 Å². The highest BCUT2D eigenvalue weighted by molar-refractivity contribution is 5.98. The highest BCUT2D eigenvalue weighted by Crippen LogP contribution is 2.37. The van der Waals surface area contributed by atoms with Crippen molar-refractivity contribution >= 4 is 22.7 Å². The molecule has 1 aromatic carbocycles. The summed E-state index contributed by atoms with van der Waals surface area (Å²) in [6, 6.07) is 5.54. The summed E-state index contributed by atoms with van der Waals surface area (Å²) in [6.07, 6.45) is 17.0. The van der Waals surface area contributed by atoms with Gasteiger partial charge in [-0.1, -0.05) is 12.2 Å². The number of carbonyl (C=O) groups excluding carboxylic acids is 1. The molecule has 3 aliphatic rings. The van der Waals surface area contributed by atoms with E-state index in [2.05, 4.69) is 32.8 Å². The average Bonchev–Trinajstić information content (AvgIpc) is 3.66. The van der Waals surface area contributed by atoms with Gasteiger partial charge in [0.25, 0.3) is 5.91 Å². The van der Waals surface area contributed by atoms with Crippen LogP contribution in [0.3, 0.4) is 0 Å². The minimum absolute atomic E-state index is 0.152. The van der Waals surface area contributed by atoms with Crippen LogP contribution in [-0.4, -0.2) is 27.6 Å². The Bertz CT molecular complexity index is 1090. The molecule has 3 aliphatic carbocycles. The molecule has 152 valence electrons. The van der Waals surface area contributed by atoms with Gasteiger partial charge < -0.3 is 16.0 Å². The van der Waals surface area contributed by atoms with E-state index in [-0.39, 0.29) is 11.9 Å². The molecule has 6 heteroatoms. The van der Waals surface area contributed by atoms with Gasteiger partial charge in [-0.25, -0.2) is 0 Å². The van der Waals surface area contributed by atoms with Crippen LogP contribution in [0.5, 0.6) is 0 Å². The standard InChI is InChI=1S/C24H25N5O/c25-20(15-1-2-15)14-22(16-3-4-16)28-18-6-8-19(9-7-18)29-24(30)17-5-10-21-23(13-17)27-12-11-26-21/h5-6,8-16,18,25,28H,1-4,7H2,(H,29,30)/b22-14-,25-20?. The predicted octanol–water partition coefficient (Wildman–Crippen LogP) is 3.89. The molecule has 0 radical (unpaired) electrons. The molecule has 6 nitrogen and oxygen atoms in total. The molecule has 1 aromatic heterocycles. The van der Waals surface area contributed by atoms with Crippen molar-refractivity contribution in [1.82, 2.24) is 20.6 Å². The van der Waals surface area contributed by atoms with Crippen LogP contribution in [0.2, 0.25) is 0 Å². The van der Waals surface area contributed by atoms with Crippen molar-refractivity contribution in [3.8, 4) is 0 Å². The van der Waals surface area contributed by atoms with E-state index >= 15 is 0 Å². The summed E-state index contributed by atoms with van der Waals surface area (Å²) in [6.45, 7) is 0. The molecule has 2 fully saturated rings. The molecule has 3 N–H and O–H groups in total. The van der Waals surface area contributed by atoms with Gasteiger partial charge in [-0.3, -0.25) is 14.8 Å². The Morgan fingerprint density at radius 1 is 1.07 bits per heavy atom. The number of rotatable bonds is 7. The summed E-state index contributed by atoms with van der Waals surface area (Å²) in [5, 5.41) is 14.8. The number of aromatic nitrogens is 2. The summed E-state index contributed by atoms with van der Waals surface area (Å²) in [4.78, 5) is 21.1. The Balaban J connectivity index is 1.20. The van der Waals surface area contributed by atoms with E-state index in [1.807, 2.05) is 18.2 Å². The number of allylic oxidation sites excluding steroid dienone is 3. The molecule has 2 saturated carbocycles. The van der Waals surface area contributed by atoms with Crippen molar-refractivity contribution in [3.05, 3.63) is 71.9 Å². The molecule has 1 amide bonds. The van der Waals surface area contributed by atoms with Crippen LogP contribution in [0.25, 0.3) is 11.0 Å². The number of nitrogens with zero attached hydrogens (tertiary/aromatic N) is 2. The van der Waals surface area contributed by atoms with Crippen molar-refractivity contribution in [1.29, 1.82) is 5.41 Å². The molecule has 0 bridgehead atoms. The van der Waals surface area contributed by atoms with Crippen molar-refractivity contribution in [2.24, 2.45) is 11.8 Å². The minimum Gasteiger partial charge on any atom is -0.382 e. The summed E-state index contributed by atoms with van der Waals surface area (Å²) in [5.74, 6) is 0.908. The van der Waals surface area contributed by atoms with Crippen LogP contribution in [-0.2, 0) is 0 Å². The molecule has 0 saturated heterocycles. The number of amides is 1. The zero-order valence-electron chi connectivity index (χ0n) is 16.8. The van der Waals surface area contributed by atoms with Gasteiger partial charge in [0.15, 0.2) is 0 Å². The number of hydrogen-bond donors (Lipinski definition) is 3. The van der Waals surface area contributed by atoms with E-state index < -0.39 is 0 Å². The van der Waals surface area contributed by atoms with Crippen LogP contribution >= 0.6 is 0 Å². The Kier molecular flexibility index (Phi) is 4.91. The van der Waals surface area contributed by atoms with Crippen LogP contribution in [0, 0.1) is 17.2 Å². The second-order valence-corrected chi connectivity index (χ2v) is 8.32. The zero-order valence-corrected chi connectivity index (χ0v) is 16.8. The first-order valence-corrected chi connectivity index (χ1v) is 10.6. The monoisotopic (exact) mass is 399 g/mol. The molecule has 1 atom stereocenters. The third kappa shape index (κ3) is 4.32. The minimum atomic E-state index is -0.152. The third-order valence-electron chi connectivity index (χ3n) is 5.79. The summed E-state index contributed by atoms with van der Waals surface area (Å²) in [7, 11) is 0. The predicted molar refractivity (Wildman–Crippen MR) is 117 cm³/mol. The van der Waals surface area contributed by atoms with Crippen LogP contribution in [0.4, 0.5) is 0 Å². The molecule has 30 heavy (non-hydrogen) atoms. The second kappa shape index (κ2) is 7.86. The molecule has 0 spiro atoms. The van der Waals surface area contributed by atoms with Gasteiger partial charge in [0.2, 0.25) is 0 Å². The first kappa shape index (κ1) is 18.7. The lowest BCUT2D eigenvalue weighted by Crippen LogP contribution is -2.31. The molecule has 1 heterocycles. The van der Waals surface area contributed by atoms with Gasteiger partial charge in [0.05, 0.1) is 11.0 Å². The van der Waals surface area contributed by atoms with Gasteiger partial charge in [0.1, 0.15) is 0 Å². The average molecular weight is 399 g/mol. The fraction of sp³-hybridized carbons (Fsp3) is 0.333. The van der Waals surface area contributed by atoms with Crippen LogP contribution in [0.1, 0.15) is 42.5 Å². The molecule has 0 aliphatic heterocycles. The van der Waals surface area contributed by atoms with E-state index in [1.54, 1.807) is 24.5 Å². The third-order valence-corrected chi connectivity index (χ3v) is 5.79.